The maximum Gasteiger partial charge on any atom is 0.335 e. The van der Waals surface area contributed by atoms with Crippen molar-refractivity contribution in [2.75, 3.05) is 0 Å². The fraction of sp³-hybridized carbons (Fsp3) is 0.600. The number of aryl methyl sites for hydroxylation is 1. The second-order valence-electron chi connectivity index (χ2n) is 7.54. The topological polar surface area (TPSA) is 81.3 Å². The van der Waals surface area contributed by atoms with E-state index >= 15 is 0 Å². The molecule has 1 aromatic rings. The van der Waals surface area contributed by atoms with Crippen molar-refractivity contribution in [1.29, 1.82) is 5.26 Å². The molecule has 0 spiro atoms. The van der Waals surface area contributed by atoms with Gasteiger partial charge >= 0.3 is 5.97 Å². The summed E-state index contributed by atoms with van der Waals surface area (Å²) in [5, 5.41) is 29.1. The van der Waals surface area contributed by atoms with Gasteiger partial charge < -0.3 is 10.2 Å². The Bertz CT molecular complexity index is 693. The van der Waals surface area contributed by atoms with Crippen molar-refractivity contribution in [3.63, 3.8) is 0 Å². The molecule has 128 valence electrons. The smallest absolute Gasteiger partial charge is 0.335 e. The molecule has 24 heavy (non-hydrogen) atoms. The Morgan fingerprint density at radius 1 is 1.42 bits per heavy atom. The minimum absolute atomic E-state index is 0.00452. The molecule has 1 fully saturated rings. The van der Waals surface area contributed by atoms with Crippen molar-refractivity contribution < 1.29 is 15.0 Å². The van der Waals surface area contributed by atoms with Crippen LogP contribution in [0.4, 0.5) is 0 Å². The highest BCUT2D eigenvalue weighted by Gasteiger charge is 2.49. The van der Waals surface area contributed by atoms with Gasteiger partial charge in [0.25, 0.3) is 0 Å². The molecule has 0 saturated heterocycles. The number of fused-ring (bicyclic) bond motifs is 3. The van der Waals surface area contributed by atoms with Gasteiger partial charge in [0.1, 0.15) is 0 Å². The summed E-state index contributed by atoms with van der Waals surface area (Å²) < 4.78 is 0. The van der Waals surface area contributed by atoms with Crippen molar-refractivity contribution in [2.24, 2.45) is 5.92 Å². The number of carboxylic acids is 1. The number of aromatic carboxylic acids is 1. The minimum atomic E-state index is -0.879. The molecule has 0 aromatic heterocycles. The fourth-order valence-corrected chi connectivity index (χ4v) is 5.07. The highest BCUT2D eigenvalue weighted by molar-refractivity contribution is 5.88. The molecule has 0 amide bonds. The van der Waals surface area contributed by atoms with Crippen LogP contribution in [0.2, 0.25) is 0 Å². The van der Waals surface area contributed by atoms with Crippen LogP contribution in [0, 0.1) is 17.2 Å². The summed E-state index contributed by atoms with van der Waals surface area (Å²) in [6.45, 7) is 2.20. The molecule has 0 unspecified atom stereocenters. The number of nitrogens with zero attached hydrogens (tertiary/aromatic N) is 1. The zero-order chi connectivity index (χ0) is 17.4. The quantitative estimate of drug-likeness (QED) is 0.884. The molecule has 3 rings (SSSR count). The minimum Gasteiger partial charge on any atom is -0.478 e. The monoisotopic (exact) mass is 327 g/mol. The van der Waals surface area contributed by atoms with E-state index in [2.05, 4.69) is 13.0 Å². The molecule has 2 aliphatic carbocycles. The zero-order valence-corrected chi connectivity index (χ0v) is 14.2. The summed E-state index contributed by atoms with van der Waals surface area (Å²) in [6, 6.07) is 7.71. The van der Waals surface area contributed by atoms with Crippen molar-refractivity contribution >= 4 is 5.97 Å². The van der Waals surface area contributed by atoms with Crippen molar-refractivity contribution in [1.82, 2.24) is 0 Å². The van der Waals surface area contributed by atoms with Gasteiger partial charge in [0.05, 0.1) is 23.7 Å². The predicted molar refractivity (Wildman–Crippen MR) is 90.8 cm³/mol. The van der Waals surface area contributed by atoms with Gasteiger partial charge in [-0.25, -0.2) is 4.79 Å². The number of carboxylic acid groups (broad SMARTS) is 1. The lowest BCUT2D eigenvalue weighted by molar-refractivity contribution is -0.0446. The Balaban J connectivity index is 2.03. The molecule has 0 heterocycles. The first kappa shape index (κ1) is 17.0. The third-order valence-electron chi connectivity index (χ3n) is 6.37. The molecule has 4 nitrogen and oxygen atoms in total. The number of nitriles is 1. The van der Waals surface area contributed by atoms with E-state index in [1.165, 1.54) is 5.56 Å². The standard InChI is InChI=1S/C20H25NO3/c1-2-20-9-8-19(24,10-11-21)13-16(20)5-3-4-14-12-15(18(22)23)6-7-17(14)20/h6-7,12,16,24H,2-5,8-10,13H2,1H3,(H,22,23)/t16-,19-,20+/m1/s1. The van der Waals surface area contributed by atoms with Crippen LogP contribution in [0.15, 0.2) is 18.2 Å². The Morgan fingerprint density at radius 2 is 2.21 bits per heavy atom. The average Bonchev–Trinajstić information content (AvgIpc) is 2.70. The number of benzene rings is 1. The van der Waals surface area contributed by atoms with Crippen molar-refractivity contribution in [3.8, 4) is 6.07 Å². The molecule has 0 aliphatic heterocycles. The fourth-order valence-electron chi connectivity index (χ4n) is 5.07. The molecule has 1 aromatic carbocycles. The van der Waals surface area contributed by atoms with Gasteiger partial charge in [-0.05, 0) is 79.5 Å². The molecule has 2 aliphatic rings. The van der Waals surface area contributed by atoms with E-state index in [9.17, 15) is 15.0 Å². The Hall–Kier alpha value is -1.86. The summed E-state index contributed by atoms with van der Waals surface area (Å²) in [5.74, 6) is -0.525. The number of carbonyl (C=O) groups is 1. The lowest BCUT2D eigenvalue weighted by Gasteiger charge is -2.49. The van der Waals surface area contributed by atoms with Gasteiger partial charge in [-0.1, -0.05) is 13.0 Å². The molecular formula is C20H25NO3. The van der Waals surface area contributed by atoms with E-state index in [0.717, 1.165) is 37.7 Å². The molecule has 0 bridgehead atoms. The van der Waals surface area contributed by atoms with Gasteiger partial charge in [-0.15, -0.1) is 0 Å². The van der Waals surface area contributed by atoms with Crippen LogP contribution in [0.1, 0.15) is 73.4 Å². The van der Waals surface area contributed by atoms with Gasteiger partial charge in [0.15, 0.2) is 0 Å². The van der Waals surface area contributed by atoms with Crippen LogP contribution in [-0.2, 0) is 11.8 Å². The van der Waals surface area contributed by atoms with Crippen LogP contribution >= 0.6 is 0 Å². The highest BCUT2D eigenvalue weighted by atomic mass is 16.4. The van der Waals surface area contributed by atoms with Crippen molar-refractivity contribution in [3.05, 3.63) is 34.9 Å². The molecular weight excluding hydrogens is 302 g/mol. The molecule has 3 atom stereocenters. The summed E-state index contributed by atoms with van der Waals surface area (Å²) >= 11 is 0. The first-order valence-electron chi connectivity index (χ1n) is 8.90. The second kappa shape index (κ2) is 6.22. The lowest BCUT2D eigenvalue weighted by atomic mass is 9.56. The summed E-state index contributed by atoms with van der Waals surface area (Å²) in [7, 11) is 0. The van der Waals surface area contributed by atoms with Gasteiger partial charge in [-0.3, -0.25) is 0 Å². The Morgan fingerprint density at radius 3 is 2.88 bits per heavy atom. The number of rotatable bonds is 3. The van der Waals surface area contributed by atoms with Crippen LogP contribution in [0.5, 0.6) is 0 Å². The SMILES string of the molecule is CC[C@]12CC[C@@](O)(CC#N)C[C@H]1CCCc1cc(C(=O)O)ccc12. The predicted octanol–water partition coefficient (Wildman–Crippen LogP) is 3.81. The summed E-state index contributed by atoms with van der Waals surface area (Å²) in [4.78, 5) is 11.3. The Labute approximate surface area is 143 Å². The highest BCUT2D eigenvalue weighted by Crippen LogP contribution is 2.54. The second-order valence-corrected chi connectivity index (χ2v) is 7.54. The Kier molecular flexibility index (Phi) is 4.40. The molecule has 2 N–H and O–H groups in total. The number of hydrogen-bond donors (Lipinski definition) is 2. The largest absolute Gasteiger partial charge is 0.478 e. The maximum atomic E-state index is 11.3. The third-order valence-corrected chi connectivity index (χ3v) is 6.37. The van der Waals surface area contributed by atoms with Crippen LogP contribution in [0.3, 0.4) is 0 Å². The summed E-state index contributed by atoms with van der Waals surface area (Å²) in [5.41, 5.74) is 1.94. The van der Waals surface area contributed by atoms with Gasteiger partial charge in [-0.2, -0.15) is 5.26 Å². The van der Waals surface area contributed by atoms with Crippen LogP contribution in [0.25, 0.3) is 0 Å². The van der Waals surface area contributed by atoms with E-state index in [-0.39, 0.29) is 11.8 Å². The third kappa shape index (κ3) is 2.71. The number of hydrogen-bond acceptors (Lipinski definition) is 3. The average molecular weight is 327 g/mol. The van der Waals surface area contributed by atoms with Crippen molar-refractivity contribution in [2.45, 2.75) is 69.3 Å². The lowest BCUT2D eigenvalue weighted by Crippen LogP contribution is -2.47. The van der Waals surface area contributed by atoms with E-state index < -0.39 is 11.6 Å². The van der Waals surface area contributed by atoms with Gasteiger partial charge in [0, 0.05) is 0 Å². The number of aliphatic hydroxyl groups is 1. The van der Waals surface area contributed by atoms with E-state index in [0.29, 0.717) is 24.3 Å². The maximum absolute atomic E-state index is 11.3. The molecule has 4 heteroatoms. The van der Waals surface area contributed by atoms with Crippen LogP contribution < -0.4 is 0 Å². The summed E-state index contributed by atoms with van der Waals surface area (Å²) in [6.07, 6.45) is 6.30. The van der Waals surface area contributed by atoms with E-state index in [1.54, 1.807) is 6.07 Å². The van der Waals surface area contributed by atoms with Crippen LogP contribution in [-0.4, -0.2) is 21.8 Å². The normalized spacial score (nSPS) is 32.1. The molecule has 1 saturated carbocycles. The molecule has 0 radical (unpaired) electrons. The first-order valence-corrected chi connectivity index (χ1v) is 8.90. The first-order chi connectivity index (χ1) is 11.4. The van der Waals surface area contributed by atoms with E-state index in [1.807, 2.05) is 12.1 Å². The zero-order valence-electron chi connectivity index (χ0n) is 14.2. The van der Waals surface area contributed by atoms with E-state index in [4.69, 9.17) is 5.26 Å². The van der Waals surface area contributed by atoms with Gasteiger partial charge in [0.2, 0.25) is 0 Å².